The molecule has 0 spiro atoms. The fourth-order valence-electron chi connectivity index (χ4n) is 0.999. The minimum atomic E-state index is 0.705. The van der Waals surface area contributed by atoms with E-state index in [0.29, 0.717) is 5.92 Å². The Bertz CT molecular complexity index is 88.9. The molecule has 1 heteroatoms. The van der Waals surface area contributed by atoms with E-state index in [-0.39, 0.29) is 0 Å². The van der Waals surface area contributed by atoms with Crippen molar-refractivity contribution in [3.63, 3.8) is 0 Å². The van der Waals surface area contributed by atoms with Gasteiger partial charge in [-0.15, -0.1) is 0 Å². The highest BCUT2D eigenvalue weighted by Crippen LogP contribution is 2.18. The van der Waals surface area contributed by atoms with E-state index in [1.165, 1.54) is 12.8 Å². The molecule has 0 saturated carbocycles. The molecule has 1 nitrogen and oxygen atoms in total. The van der Waals surface area contributed by atoms with Gasteiger partial charge in [0.2, 0.25) is 0 Å². The Kier molecular flexibility index (Phi) is 5.57. The molecule has 2 N–H and O–H groups in total. The van der Waals surface area contributed by atoms with Crippen molar-refractivity contribution in [2.75, 3.05) is 6.54 Å². The zero-order chi connectivity index (χ0) is 8.85. The molecule has 0 aromatic rings. The lowest BCUT2D eigenvalue weighted by Crippen LogP contribution is -2.13. The molecule has 0 heterocycles. The molecule has 0 radical (unpaired) electrons. The van der Waals surface area contributed by atoms with Gasteiger partial charge in [-0.05, 0) is 30.7 Å². The predicted octanol–water partition coefficient (Wildman–Crippen LogP) is 2.65. The van der Waals surface area contributed by atoms with Crippen molar-refractivity contribution in [3.8, 4) is 0 Å². The van der Waals surface area contributed by atoms with Gasteiger partial charge in [0.05, 0.1) is 0 Å². The maximum atomic E-state index is 5.53. The van der Waals surface area contributed by atoms with Crippen LogP contribution in [0.15, 0.2) is 0 Å². The molecule has 0 aromatic heterocycles. The van der Waals surface area contributed by atoms with Gasteiger partial charge in [0.1, 0.15) is 0 Å². The molecule has 0 fully saturated rings. The lowest BCUT2D eigenvalue weighted by atomic mass is 9.90. The Morgan fingerprint density at radius 3 is 1.91 bits per heavy atom. The molecular formula is C10H23N. The summed E-state index contributed by atoms with van der Waals surface area (Å²) in [5.41, 5.74) is 5.53. The Morgan fingerprint density at radius 1 is 1.00 bits per heavy atom. The van der Waals surface area contributed by atoms with Crippen molar-refractivity contribution in [1.82, 2.24) is 0 Å². The fraction of sp³-hybridized carbons (Fsp3) is 1.00. The summed E-state index contributed by atoms with van der Waals surface area (Å²) < 4.78 is 0. The third-order valence-electron chi connectivity index (χ3n) is 2.66. The van der Waals surface area contributed by atoms with Crippen molar-refractivity contribution in [2.24, 2.45) is 23.5 Å². The summed E-state index contributed by atoms with van der Waals surface area (Å²) in [5.74, 6) is 2.38. The van der Waals surface area contributed by atoms with Crippen LogP contribution in [0.3, 0.4) is 0 Å². The quantitative estimate of drug-likeness (QED) is 0.652. The summed E-state index contributed by atoms with van der Waals surface area (Å²) in [6.45, 7) is 9.97. The number of rotatable bonds is 5. The number of hydrogen-bond acceptors (Lipinski definition) is 1. The molecule has 0 aliphatic carbocycles. The first-order valence-electron chi connectivity index (χ1n) is 4.78. The van der Waals surface area contributed by atoms with Crippen LogP contribution in [-0.2, 0) is 0 Å². The van der Waals surface area contributed by atoms with E-state index >= 15 is 0 Å². The van der Waals surface area contributed by atoms with Gasteiger partial charge in [0.15, 0.2) is 0 Å². The van der Waals surface area contributed by atoms with E-state index in [4.69, 9.17) is 5.73 Å². The van der Waals surface area contributed by atoms with Crippen molar-refractivity contribution in [2.45, 2.75) is 40.5 Å². The largest absolute Gasteiger partial charge is 0.330 e. The van der Waals surface area contributed by atoms with E-state index in [1.807, 2.05) is 0 Å². The highest BCUT2D eigenvalue weighted by atomic mass is 14.5. The Labute approximate surface area is 71.4 Å². The first kappa shape index (κ1) is 11.0. The highest BCUT2D eigenvalue weighted by Gasteiger charge is 2.08. The summed E-state index contributed by atoms with van der Waals surface area (Å²) in [6, 6.07) is 0. The molecule has 0 aliphatic heterocycles. The molecule has 0 amide bonds. The van der Waals surface area contributed by atoms with E-state index in [1.54, 1.807) is 0 Å². The average molecular weight is 157 g/mol. The van der Waals surface area contributed by atoms with Gasteiger partial charge in [-0.3, -0.25) is 0 Å². The smallest absolute Gasteiger partial charge is 0.00515 e. The predicted molar refractivity (Wildman–Crippen MR) is 51.5 cm³/mol. The zero-order valence-corrected chi connectivity index (χ0v) is 8.43. The van der Waals surface area contributed by atoms with Crippen molar-refractivity contribution >= 4 is 0 Å². The molecule has 11 heavy (non-hydrogen) atoms. The van der Waals surface area contributed by atoms with Gasteiger partial charge in [0.25, 0.3) is 0 Å². The van der Waals surface area contributed by atoms with Crippen molar-refractivity contribution in [3.05, 3.63) is 0 Å². The Morgan fingerprint density at radius 2 is 1.55 bits per heavy atom. The van der Waals surface area contributed by atoms with Crippen LogP contribution in [0.4, 0.5) is 0 Å². The van der Waals surface area contributed by atoms with Crippen molar-refractivity contribution in [1.29, 1.82) is 0 Å². The van der Waals surface area contributed by atoms with Gasteiger partial charge >= 0.3 is 0 Å². The summed E-state index contributed by atoms with van der Waals surface area (Å²) in [4.78, 5) is 0. The Balaban J connectivity index is 3.37. The normalized spacial score (nSPS) is 16.9. The van der Waals surface area contributed by atoms with Gasteiger partial charge in [0, 0.05) is 0 Å². The molecule has 0 saturated heterocycles. The van der Waals surface area contributed by atoms with Crippen LogP contribution in [0.1, 0.15) is 40.5 Å². The van der Waals surface area contributed by atoms with Gasteiger partial charge in [-0.2, -0.15) is 0 Å². The molecule has 68 valence electrons. The fourth-order valence-corrected chi connectivity index (χ4v) is 0.999. The minimum absolute atomic E-state index is 0.705. The number of hydrogen-bond donors (Lipinski definition) is 1. The number of nitrogens with two attached hydrogens (primary N) is 1. The van der Waals surface area contributed by atoms with E-state index < -0.39 is 0 Å². The first-order chi connectivity index (χ1) is 5.07. The van der Waals surface area contributed by atoms with Crippen LogP contribution < -0.4 is 5.73 Å². The molecular weight excluding hydrogens is 134 g/mol. The molecule has 2 atom stereocenters. The van der Waals surface area contributed by atoms with E-state index in [9.17, 15) is 0 Å². The third kappa shape index (κ3) is 5.25. The zero-order valence-electron chi connectivity index (χ0n) is 8.43. The SMILES string of the molecule is CC(CN)CCC(C)C(C)C. The summed E-state index contributed by atoms with van der Waals surface area (Å²) in [5, 5.41) is 0. The summed E-state index contributed by atoms with van der Waals surface area (Å²) in [7, 11) is 0. The molecule has 0 rings (SSSR count). The molecule has 0 aliphatic rings. The lowest BCUT2D eigenvalue weighted by molar-refractivity contribution is 0.353. The maximum absolute atomic E-state index is 5.53. The van der Waals surface area contributed by atoms with E-state index in [2.05, 4.69) is 27.7 Å². The van der Waals surface area contributed by atoms with Crippen LogP contribution in [0.5, 0.6) is 0 Å². The van der Waals surface area contributed by atoms with Crippen LogP contribution in [0.25, 0.3) is 0 Å². The second kappa shape index (κ2) is 5.59. The van der Waals surface area contributed by atoms with Crippen LogP contribution in [0.2, 0.25) is 0 Å². The van der Waals surface area contributed by atoms with Crippen LogP contribution in [-0.4, -0.2) is 6.54 Å². The highest BCUT2D eigenvalue weighted by molar-refractivity contribution is 4.60. The minimum Gasteiger partial charge on any atom is -0.330 e. The van der Waals surface area contributed by atoms with Crippen LogP contribution in [0, 0.1) is 17.8 Å². The second-order valence-corrected chi connectivity index (χ2v) is 4.14. The maximum Gasteiger partial charge on any atom is -0.00515 e. The Hall–Kier alpha value is -0.0400. The lowest BCUT2D eigenvalue weighted by Gasteiger charge is -2.17. The average Bonchev–Trinajstić information content (AvgIpc) is 1.99. The molecule has 0 bridgehead atoms. The van der Waals surface area contributed by atoms with Gasteiger partial charge < -0.3 is 5.73 Å². The standard InChI is InChI=1S/C10H23N/c1-8(2)10(4)6-5-9(3)7-11/h8-10H,5-7,11H2,1-4H3. The third-order valence-corrected chi connectivity index (χ3v) is 2.66. The van der Waals surface area contributed by atoms with Gasteiger partial charge in [-0.1, -0.05) is 34.1 Å². The topological polar surface area (TPSA) is 26.0 Å². The van der Waals surface area contributed by atoms with Gasteiger partial charge in [-0.25, -0.2) is 0 Å². The second-order valence-electron chi connectivity index (χ2n) is 4.14. The molecule has 2 unspecified atom stereocenters. The summed E-state index contributed by atoms with van der Waals surface area (Å²) in [6.07, 6.45) is 2.62. The van der Waals surface area contributed by atoms with Crippen LogP contribution >= 0.6 is 0 Å². The monoisotopic (exact) mass is 157 g/mol. The van der Waals surface area contributed by atoms with E-state index in [0.717, 1.165) is 18.4 Å². The summed E-state index contributed by atoms with van der Waals surface area (Å²) >= 11 is 0. The molecule has 0 aromatic carbocycles. The van der Waals surface area contributed by atoms with Crippen molar-refractivity contribution < 1.29 is 0 Å². The first-order valence-corrected chi connectivity index (χ1v) is 4.78.